The number of nitrogens with one attached hydrogen (secondary N) is 1. The van der Waals surface area contributed by atoms with Gasteiger partial charge in [0.1, 0.15) is 12.4 Å². The van der Waals surface area contributed by atoms with E-state index in [2.05, 4.69) is 21.4 Å². The predicted octanol–water partition coefficient (Wildman–Crippen LogP) is 1.87. The molecule has 1 aromatic carbocycles. The average molecular weight is 273 g/mol. The fourth-order valence-electron chi connectivity index (χ4n) is 2.07. The third kappa shape index (κ3) is 3.24. The smallest absolute Gasteiger partial charge is 0.246 e. The zero-order valence-electron chi connectivity index (χ0n) is 11.8. The molecule has 0 saturated heterocycles. The second-order valence-corrected chi connectivity index (χ2v) is 4.77. The first-order valence-electron chi connectivity index (χ1n) is 6.46. The number of rotatable bonds is 6. The number of allylic oxidation sites excluding steroid dienone is 1. The molecule has 0 unspecified atom stereocenters. The summed E-state index contributed by atoms with van der Waals surface area (Å²) in [5, 5.41) is 2.80. The number of benzene rings is 1. The summed E-state index contributed by atoms with van der Waals surface area (Å²) in [4.78, 5) is 16.0. The summed E-state index contributed by atoms with van der Waals surface area (Å²) in [6.45, 7) is 7.05. The van der Waals surface area contributed by atoms with Crippen LogP contribution in [0.4, 0.5) is 0 Å². The SMILES string of the molecule is C=C(C)Cn1c(CNC(=O)COC)nc2ccccc21. The predicted molar refractivity (Wildman–Crippen MR) is 78.3 cm³/mol. The molecule has 2 rings (SSSR count). The second-order valence-electron chi connectivity index (χ2n) is 4.77. The Kier molecular flexibility index (Phi) is 4.53. The van der Waals surface area contributed by atoms with Crippen LogP contribution in [0.15, 0.2) is 36.4 Å². The zero-order valence-corrected chi connectivity index (χ0v) is 11.8. The number of aromatic nitrogens is 2. The first-order chi connectivity index (χ1) is 9.61. The molecule has 0 spiro atoms. The molecule has 0 aliphatic rings. The van der Waals surface area contributed by atoms with Gasteiger partial charge in [0.25, 0.3) is 0 Å². The molecular weight excluding hydrogens is 254 g/mol. The van der Waals surface area contributed by atoms with Crippen molar-refractivity contribution in [2.45, 2.75) is 20.0 Å². The minimum atomic E-state index is -0.151. The zero-order chi connectivity index (χ0) is 14.5. The number of hydrogen-bond acceptors (Lipinski definition) is 3. The lowest BCUT2D eigenvalue weighted by molar-refractivity contribution is -0.124. The van der Waals surface area contributed by atoms with E-state index in [0.29, 0.717) is 13.1 Å². The van der Waals surface area contributed by atoms with Gasteiger partial charge in [0.2, 0.25) is 5.91 Å². The van der Waals surface area contributed by atoms with E-state index in [1.54, 1.807) is 0 Å². The molecular formula is C15H19N3O2. The quantitative estimate of drug-likeness (QED) is 0.818. The molecule has 0 bridgehead atoms. The Morgan fingerprint density at radius 3 is 2.90 bits per heavy atom. The molecule has 0 atom stereocenters. The maximum atomic E-state index is 11.5. The van der Waals surface area contributed by atoms with Crippen LogP contribution < -0.4 is 5.32 Å². The van der Waals surface area contributed by atoms with E-state index in [4.69, 9.17) is 4.74 Å². The minimum Gasteiger partial charge on any atom is -0.375 e. The summed E-state index contributed by atoms with van der Waals surface area (Å²) in [6.07, 6.45) is 0. The Labute approximate surface area is 118 Å². The molecule has 5 nitrogen and oxygen atoms in total. The topological polar surface area (TPSA) is 56.2 Å². The van der Waals surface area contributed by atoms with Gasteiger partial charge in [0, 0.05) is 13.7 Å². The van der Waals surface area contributed by atoms with Crippen LogP contribution in [0.25, 0.3) is 11.0 Å². The number of ether oxygens (including phenoxy) is 1. The number of carbonyl (C=O) groups excluding carboxylic acids is 1. The van der Waals surface area contributed by atoms with Gasteiger partial charge in [-0.1, -0.05) is 24.3 Å². The van der Waals surface area contributed by atoms with E-state index < -0.39 is 0 Å². The number of hydrogen-bond donors (Lipinski definition) is 1. The van der Waals surface area contributed by atoms with Crippen LogP contribution in [0.5, 0.6) is 0 Å². The van der Waals surface area contributed by atoms with Gasteiger partial charge in [0.15, 0.2) is 0 Å². The van der Waals surface area contributed by atoms with Gasteiger partial charge < -0.3 is 14.6 Å². The van der Waals surface area contributed by atoms with Gasteiger partial charge in [0.05, 0.1) is 17.6 Å². The van der Waals surface area contributed by atoms with Crippen LogP contribution in [0.3, 0.4) is 0 Å². The van der Waals surface area contributed by atoms with Crippen molar-refractivity contribution < 1.29 is 9.53 Å². The molecule has 5 heteroatoms. The highest BCUT2D eigenvalue weighted by Crippen LogP contribution is 2.17. The highest BCUT2D eigenvalue weighted by Gasteiger charge is 2.11. The van der Waals surface area contributed by atoms with Crippen molar-refractivity contribution in [3.05, 3.63) is 42.2 Å². The number of amides is 1. The van der Waals surface area contributed by atoms with Crippen LogP contribution >= 0.6 is 0 Å². The summed E-state index contributed by atoms with van der Waals surface area (Å²) in [5.74, 6) is 0.667. The van der Waals surface area contributed by atoms with Crippen molar-refractivity contribution >= 4 is 16.9 Å². The van der Waals surface area contributed by atoms with Gasteiger partial charge >= 0.3 is 0 Å². The molecule has 1 N–H and O–H groups in total. The van der Waals surface area contributed by atoms with E-state index in [-0.39, 0.29) is 12.5 Å². The number of imidazole rings is 1. The van der Waals surface area contributed by atoms with Crippen LogP contribution in [0.2, 0.25) is 0 Å². The largest absolute Gasteiger partial charge is 0.375 e. The monoisotopic (exact) mass is 273 g/mol. The summed E-state index contributed by atoms with van der Waals surface area (Å²) >= 11 is 0. The first kappa shape index (κ1) is 14.3. The third-order valence-electron chi connectivity index (χ3n) is 2.88. The second kappa shape index (κ2) is 6.34. The molecule has 106 valence electrons. The van der Waals surface area contributed by atoms with Crippen LogP contribution in [0.1, 0.15) is 12.7 Å². The van der Waals surface area contributed by atoms with Crippen molar-refractivity contribution in [3.63, 3.8) is 0 Å². The van der Waals surface area contributed by atoms with Crippen LogP contribution in [0, 0.1) is 0 Å². The van der Waals surface area contributed by atoms with Crippen molar-refractivity contribution in [1.82, 2.24) is 14.9 Å². The van der Waals surface area contributed by atoms with Gasteiger partial charge in [-0.25, -0.2) is 4.98 Å². The van der Waals surface area contributed by atoms with Gasteiger partial charge in [-0.05, 0) is 19.1 Å². The molecule has 20 heavy (non-hydrogen) atoms. The minimum absolute atomic E-state index is 0.0563. The Bertz CT molecular complexity index is 631. The van der Waals surface area contributed by atoms with E-state index in [1.165, 1.54) is 7.11 Å². The summed E-state index contributed by atoms with van der Waals surface area (Å²) in [7, 11) is 1.50. The molecule has 0 saturated carbocycles. The molecule has 1 aromatic heterocycles. The first-order valence-corrected chi connectivity index (χ1v) is 6.46. The van der Waals surface area contributed by atoms with E-state index in [0.717, 1.165) is 22.4 Å². The molecule has 1 amide bonds. The lowest BCUT2D eigenvalue weighted by Crippen LogP contribution is -2.28. The Morgan fingerprint density at radius 1 is 1.45 bits per heavy atom. The maximum absolute atomic E-state index is 11.5. The van der Waals surface area contributed by atoms with E-state index in [1.807, 2.05) is 31.2 Å². The standard InChI is InChI=1S/C15H19N3O2/c1-11(2)9-18-13-7-5-4-6-12(13)17-14(18)8-16-15(19)10-20-3/h4-7H,1,8-10H2,2-3H3,(H,16,19). The van der Waals surface area contributed by atoms with Crippen molar-refractivity contribution in [2.24, 2.45) is 0 Å². The average Bonchev–Trinajstić information content (AvgIpc) is 2.75. The number of fused-ring (bicyclic) bond motifs is 1. The molecule has 0 radical (unpaired) electrons. The highest BCUT2D eigenvalue weighted by molar-refractivity contribution is 5.78. The van der Waals surface area contributed by atoms with Gasteiger partial charge in [-0.2, -0.15) is 0 Å². The maximum Gasteiger partial charge on any atom is 0.246 e. The lowest BCUT2D eigenvalue weighted by Gasteiger charge is -2.09. The number of carbonyl (C=O) groups is 1. The number of nitrogens with zero attached hydrogens (tertiary/aromatic N) is 2. The Balaban J connectivity index is 2.26. The summed E-state index contributed by atoms with van der Waals surface area (Å²) in [5.41, 5.74) is 3.01. The van der Waals surface area contributed by atoms with Gasteiger partial charge in [-0.3, -0.25) is 4.79 Å². The fraction of sp³-hybridized carbons (Fsp3) is 0.333. The van der Waals surface area contributed by atoms with Gasteiger partial charge in [-0.15, -0.1) is 0 Å². The fourth-order valence-corrected chi connectivity index (χ4v) is 2.07. The summed E-state index contributed by atoms with van der Waals surface area (Å²) in [6, 6.07) is 7.91. The van der Waals surface area contributed by atoms with E-state index in [9.17, 15) is 4.79 Å². The highest BCUT2D eigenvalue weighted by atomic mass is 16.5. The van der Waals surface area contributed by atoms with Crippen LogP contribution in [-0.4, -0.2) is 29.2 Å². The number of methoxy groups -OCH3 is 1. The third-order valence-corrected chi connectivity index (χ3v) is 2.88. The van der Waals surface area contributed by atoms with E-state index >= 15 is 0 Å². The molecule has 0 aliphatic heterocycles. The van der Waals surface area contributed by atoms with Crippen LogP contribution in [-0.2, 0) is 22.6 Å². The van der Waals surface area contributed by atoms with Crippen molar-refractivity contribution in [3.8, 4) is 0 Å². The van der Waals surface area contributed by atoms with Crippen molar-refractivity contribution in [1.29, 1.82) is 0 Å². The Hall–Kier alpha value is -2.14. The molecule has 2 aromatic rings. The van der Waals surface area contributed by atoms with Crippen molar-refractivity contribution in [2.75, 3.05) is 13.7 Å². The Morgan fingerprint density at radius 2 is 2.20 bits per heavy atom. The molecule has 1 heterocycles. The molecule has 0 aliphatic carbocycles. The lowest BCUT2D eigenvalue weighted by atomic mass is 10.3. The number of para-hydroxylation sites is 2. The summed E-state index contributed by atoms with van der Waals surface area (Å²) < 4.78 is 6.87. The normalized spacial score (nSPS) is 10.7. The molecule has 0 fully saturated rings.